The van der Waals surface area contributed by atoms with Crippen molar-refractivity contribution in [2.24, 2.45) is 0 Å². The van der Waals surface area contributed by atoms with Crippen molar-refractivity contribution < 1.29 is 33.4 Å². The Bertz CT molecular complexity index is 1340. The second kappa shape index (κ2) is 10.6. The summed E-state index contributed by atoms with van der Waals surface area (Å²) in [4.78, 5) is 36.2. The number of carboxylic acids is 1. The molecule has 0 radical (unpaired) electrons. The van der Waals surface area contributed by atoms with Crippen LogP contribution >= 0.6 is 0 Å². The number of nitrogens with zero attached hydrogens (tertiary/aromatic N) is 1. The first-order valence-corrected chi connectivity index (χ1v) is 9.74. The first kappa shape index (κ1) is 23.7. The smallest absolute Gasteiger partial charge is 0.346 e. The third kappa shape index (κ3) is 5.44. The Kier molecular flexibility index (Phi) is 7.36. The van der Waals surface area contributed by atoms with E-state index >= 15 is 0 Å². The Hall–Kier alpha value is -4.97. The van der Waals surface area contributed by atoms with Crippen LogP contribution in [0.3, 0.4) is 0 Å². The van der Waals surface area contributed by atoms with E-state index < -0.39 is 23.7 Å². The van der Waals surface area contributed by atoms with Crippen LogP contribution in [0.1, 0.15) is 26.3 Å². The fourth-order valence-corrected chi connectivity index (χ4v) is 2.92. The third-order valence-corrected chi connectivity index (χ3v) is 4.57. The number of esters is 1. The van der Waals surface area contributed by atoms with Crippen LogP contribution in [0.25, 0.3) is 6.08 Å². The van der Waals surface area contributed by atoms with Gasteiger partial charge in [0.1, 0.15) is 17.5 Å². The van der Waals surface area contributed by atoms with Gasteiger partial charge in [0.25, 0.3) is 5.91 Å². The number of carbonyl (C=O) groups is 3. The van der Waals surface area contributed by atoms with Crippen LogP contribution in [0, 0.1) is 17.1 Å². The lowest BCUT2D eigenvalue weighted by molar-refractivity contribution is -0.112. The van der Waals surface area contributed by atoms with Gasteiger partial charge in [0.05, 0.1) is 23.9 Å². The van der Waals surface area contributed by atoms with E-state index in [2.05, 4.69) is 5.32 Å². The van der Waals surface area contributed by atoms with Gasteiger partial charge in [-0.05, 0) is 48.0 Å². The zero-order valence-electron chi connectivity index (χ0n) is 17.7. The van der Waals surface area contributed by atoms with Crippen molar-refractivity contribution in [1.82, 2.24) is 0 Å². The predicted octanol–water partition coefficient (Wildman–Crippen LogP) is 4.30. The largest absolute Gasteiger partial charge is 0.493 e. The minimum absolute atomic E-state index is 0.00579. The molecule has 0 unspecified atom stereocenters. The number of amides is 1. The van der Waals surface area contributed by atoms with E-state index in [1.54, 1.807) is 12.1 Å². The average molecular weight is 460 g/mol. The highest BCUT2D eigenvalue weighted by Gasteiger charge is 2.18. The second-order valence-corrected chi connectivity index (χ2v) is 6.75. The fraction of sp³-hybridized carbons (Fsp3) is 0.0400. The maximum Gasteiger partial charge on any atom is 0.346 e. The van der Waals surface area contributed by atoms with Crippen LogP contribution in [-0.4, -0.2) is 30.1 Å². The summed E-state index contributed by atoms with van der Waals surface area (Å²) in [6.07, 6.45) is 1.25. The SMILES string of the molecule is COc1cc(/C=C(\C#N)C(=O)Nc2ccccc2C(=O)O)ccc1OC(=O)c1ccccc1F. The first-order valence-electron chi connectivity index (χ1n) is 9.74. The summed E-state index contributed by atoms with van der Waals surface area (Å²) in [5, 5.41) is 21.1. The van der Waals surface area contributed by atoms with Crippen molar-refractivity contribution in [3.8, 4) is 17.6 Å². The number of anilines is 1. The molecule has 0 aliphatic rings. The van der Waals surface area contributed by atoms with E-state index in [4.69, 9.17) is 9.47 Å². The number of methoxy groups -OCH3 is 1. The van der Waals surface area contributed by atoms with Gasteiger partial charge in [-0.1, -0.05) is 30.3 Å². The summed E-state index contributed by atoms with van der Waals surface area (Å²) >= 11 is 0. The minimum atomic E-state index is -1.23. The molecular formula is C25H17FN2O6. The Morgan fingerprint density at radius 3 is 2.32 bits per heavy atom. The highest BCUT2D eigenvalue weighted by Crippen LogP contribution is 2.30. The van der Waals surface area contributed by atoms with E-state index in [0.29, 0.717) is 5.56 Å². The number of carbonyl (C=O) groups excluding carboxylic acids is 2. The molecule has 1 amide bonds. The van der Waals surface area contributed by atoms with Crippen LogP contribution in [0.2, 0.25) is 0 Å². The Labute approximate surface area is 193 Å². The number of nitrogens with one attached hydrogen (secondary N) is 1. The summed E-state index contributed by atoms with van der Waals surface area (Å²) in [6.45, 7) is 0. The molecule has 0 aliphatic heterocycles. The molecule has 8 nitrogen and oxygen atoms in total. The summed E-state index contributed by atoms with van der Waals surface area (Å²) in [5.74, 6) is -3.60. The number of halogens is 1. The van der Waals surface area contributed by atoms with Gasteiger partial charge in [-0.25, -0.2) is 14.0 Å². The van der Waals surface area contributed by atoms with Crippen molar-refractivity contribution in [3.63, 3.8) is 0 Å². The third-order valence-electron chi connectivity index (χ3n) is 4.57. The Balaban J connectivity index is 1.84. The van der Waals surface area contributed by atoms with Crippen LogP contribution in [0.4, 0.5) is 10.1 Å². The molecule has 3 aromatic rings. The summed E-state index contributed by atoms with van der Waals surface area (Å²) in [5.41, 5.74) is -0.289. The molecule has 34 heavy (non-hydrogen) atoms. The molecule has 0 saturated carbocycles. The Morgan fingerprint density at radius 1 is 1.00 bits per heavy atom. The number of carboxylic acid groups (broad SMARTS) is 1. The summed E-state index contributed by atoms with van der Waals surface area (Å²) < 4.78 is 24.3. The van der Waals surface area contributed by atoms with Gasteiger partial charge in [-0.15, -0.1) is 0 Å². The molecule has 3 rings (SSSR count). The van der Waals surface area contributed by atoms with Gasteiger partial charge < -0.3 is 19.9 Å². The molecule has 0 bridgehead atoms. The van der Waals surface area contributed by atoms with E-state index in [1.165, 1.54) is 67.8 Å². The number of hydrogen-bond donors (Lipinski definition) is 2. The zero-order chi connectivity index (χ0) is 24.7. The van der Waals surface area contributed by atoms with E-state index in [-0.39, 0.29) is 33.9 Å². The van der Waals surface area contributed by atoms with Gasteiger partial charge in [0.2, 0.25) is 0 Å². The second-order valence-electron chi connectivity index (χ2n) is 6.75. The maximum atomic E-state index is 13.8. The molecular weight excluding hydrogens is 443 g/mol. The Morgan fingerprint density at radius 2 is 1.68 bits per heavy atom. The van der Waals surface area contributed by atoms with E-state index in [1.807, 2.05) is 0 Å². The van der Waals surface area contributed by atoms with Gasteiger partial charge in [-0.2, -0.15) is 5.26 Å². The number of hydrogen-bond acceptors (Lipinski definition) is 6. The molecule has 0 saturated heterocycles. The minimum Gasteiger partial charge on any atom is -0.493 e. The molecule has 9 heteroatoms. The average Bonchev–Trinajstić information content (AvgIpc) is 2.83. The number of ether oxygens (including phenoxy) is 2. The number of para-hydroxylation sites is 1. The van der Waals surface area contributed by atoms with Crippen LogP contribution < -0.4 is 14.8 Å². The molecule has 2 N–H and O–H groups in total. The fourth-order valence-electron chi connectivity index (χ4n) is 2.92. The van der Waals surface area contributed by atoms with Crippen molar-refractivity contribution in [2.45, 2.75) is 0 Å². The van der Waals surface area contributed by atoms with Gasteiger partial charge in [0.15, 0.2) is 11.5 Å². The van der Waals surface area contributed by atoms with Crippen molar-refractivity contribution in [2.75, 3.05) is 12.4 Å². The van der Waals surface area contributed by atoms with Crippen LogP contribution in [0.5, 0.6) is 11.5 Å². The highest BCUT2D eigenvalue weighted by molar-refractivity contribution is 6.11. The molecule has 0 atom stereocenters. The topological polar surface area (TPSA) is 126 Å². The highest BCUT2D eigenvalue weighted by atomic mass is 19.1. The summed E-state index contributed by atoms with van der Waals surface area (Å²) in [6, 6.07) is 17.1. The van der Waals surface area contributed by atoms with Crippen molar-refractivity contribution in [1.29, 1.82) is 5.26 Å². The number of nitriles is 1. The molecule has 0 spiro atoms. The molecule has 0 aliphatic carbocycles. The van der Waals surface area contributed by atoms with E-state index in [0.717, 1.165) is 6.07 Å². The lowest BCUT2D eigenvalue weighted by Gasteiger charge is -2.11. The molecule has 0 heterocycles. The lowest BCUT2D eigenvalue weighted by atomic mass is 10.1. The van der Waals surface area contributed by atoms with E-state index in [9.17, 15) is 29.1 Å². The number of benzene rings is 3. The van der Waals surface area contributed by atoms with Crippen LogP contribution in [0.15, 0.2) is 72.3 Å². The van der Waals surface area contributed by atoms with Crippen molar-refractivity contribution in [3.05, 3.63) is 94.8 Å². The first-order chi connectivity index (χ1) is 16.3. The molecule has 0 fully saturated rings. The predicted molar refractivity (Wildman–Crippen MR) is 120 cm³/mol. The lowest BCUT2D eigenvalue weighted by Crippen LogP contribution is -2.16. The maximum absolute atomic E-state index is 13.8. The molecule has 170 valence electrons. The normalized spacial score (nSPS) is 10.7. The standard InChI is InChI=1S/C25H17FN2O6/c1-33-22-13-15(10-11-21(22)34-25(32)17-6-2-4-8-19(17)26)12-16(14-27)23(29)28-20-9-5-3-7-18(20)24(30)31/h2-13H,1H3,(H,28,29)(H,30,31)/b16-12+. The van der Waals surface area contributed by atoms with Gasteiger partial charge >= 0.3 is 11.9 Å². The van der Waals surface area contributed by atoms with Gasteiger partial charge in [-0.3, -0.25) is 4.79 Å². The molecule has 3 aromatic carbocycles. The van der Waals surface area contributed by atoms with Gasteiger partial charge in [0, 0.05) is 0 Å². The number of aromatic carboxylic acids is 1. The zero-order valence-corrected chi connectivity index (χ0v) is 17.7. The van der Waals surface area contributed by atoms with Crippen molar-refractivity contribution >= 4 is 29.6 Å². The molecule has 0 aromatic heterocycles. The quantitative estimate of drug-likeness (QED) is 0.233. The monoisotopic (exact) mass is 460 g/mol. The van der Waals surface area contributed by atoms with Crippen LogP contribution in [-0.2, 0) is 4.79 Å². The summed E-state index contributed by atoms with van der Waals surface area (Å²) in [7, 11) is 1.32. The number of rotatable bonds is 7.